The molecule has 0 unspecified atom stereocenters. The molecule has 0 radical (unpaired) electrons. The molecule has 8 heavy (non-hydrogen) atoms. The summed E-state index contributed by atoms with van der Waals surface area (Å²) >= 11 is 6.99. The number of nitrogens with zero attached hydrogens (tertiary/aromatic N) is 1. The second-order valence-corrected chi connectivity index (χ2v) is 2.59. The highest BCUT2D eigenvalue weighted by atomic mass is 35.5. The predicted molar refractivity (Wildman–Crippen MR) is 37.0 cm³/mol. The van der Waals surface area contributed by atoms with E-state index < -0.39 is 0 Å². The minimum Gasteiger partial charge on any atom is -0.244 e. The lowest BCUT2D eigenvalue weighted by molar-refractivity contribution is 1.39. The van der Waals surface area contributed by atoms with Crippen molar-refractivity contribution in [1.82, 2.24) is 4.98 Å². The van der Waals surface area contributed by atoms with Crippen molar-refractivity contribution in [1.29, 1.82) is 0 Å². The maximum Gasteiger partial charge on any atom is 0.134 e. The van der Waals surface area contributed by atoms with E-state index in [1.54, 1.807) is 6.20 Å². The van der Waals surface area contributed by atoms with Crippen molar-refractivity contribution >= 4 is 28.0 Å². The monoisotopic (exact) mass is 145 g/mol. The molecule has 42 valence electrons. The molecule has 1 heterocycles. The summed E-state index contributed by atoms with van der Waals surface area (Å²) in [6, 6.07) is 0. The van der Waals surface area contributed by atoms with Gasteiger partial charge in [0.1, 0.15) is 5.01 Å². The molecule has 1 aromatic rings. The molecule has 0 bridgehead atoms. The van der Waals surface area contributed by atoms with E-state index in [1.165, 1.54) is 11.3 Å². The maximum atomic E-state index is 5.50. The average molecular weight is 146 g/mol. The number of aromatic nitrogens is 1. The number of hydrogen-bond acceptors (Lipinski definition) is 2. The zero-order chi connectivity index (χ0) is 5.98. The van der Waals surface area contributed by atoms with Crippen molar-refractivity contribution < 1.29 is 0 Å². The fraction of sp³-hybridized carbons (Fsp3) is 0. The van der Waals surface area contributed by atoms with E-state index in [-0.39, 0.29) is 0 Å². The minimum atomic E-state index is 0.514. The first kappa shape index (κ1) is 5.79. The Labute approximate surface area is 56.6 Å². The molecule has 0 saturated carbocycles. The fourth-order valence-corrected chi connectivity index (χ4v) is 1.04. The van der Waals surface area contributed by atoms with Gasteiger partial charge in [0.05, 0.1) is 5.03 Å². The largest absolute Gasteiger partial charge is 0.244 e. The Morgan fingerprint density at radius 3 is 2.88 bits per heavy atom. The van der Waals surface area contributed by atoms with Crippen LogP contribution >= 0.6 is 22.9 Å². The van der Waals surface area contributed by atoms with Gasteiger partial charge < -0.3 is 0 Å². The van der Waals surface area contributed by atoms with E-state index in [0.717, 1.165) is 5.01 Å². The van der Waals surface area contributed by atoms with Crippen LogP contribution in [0.4, 0.5) is 0 Å². The highest BCUT2D eigenvalue weighted by Crippen LogP contribution is 2.17. The highest BCUT2D eigenvalue weighted by molar-refractivity contribution is 7.11. The van der Waals surface area contributed by atoms with Gasteiger partial charge in [-0.3, -0.25) is 0 Å². The van der Waals surface area contributed by atoms with Crippen LogP contribution in [0, 0.1) is 0 Å². The Morgan fingerprint density at radius 1 is 1.88 bits per heavy atom. The lowest BCUT2D eigenvalue weighted by Gasteiger charge is -1.81. The van der Waals surface area contributed by atoms with Gasteiger partial charge >= 0.3 is 0 Å². The second-order valence-electron chi connectivity index (χ2n) is 1.24. The van der Waals surface area contributed by atoms with E-state index in [1.807, 2.05) is 5.38 Å². The van der Waals surface area contributed by atoms with Gasteiger partial charge in [0.15, 0.2) is 0 Å². The van der Waals surface area contributed by atoms with Gasteiger partial charge in [0, 0.05) is 11.6 Å². The normalized spacial score (nSPS) is 9.12. The summed E-state index contributed by atoms with van der Waals surface area (Å²) in [5.74, 6) is 0. The molecule has 1 rings (SSSR count). The molecule has 0 aliphatic carbocycles. The Kier molecular flexibility index (Phi) is 1.65. The van der Waals surface area contributed by atoms with E-state index in [2.05, 4.69) is 11.6 Å². The first-order valence-corrected chi connectivity index (χ1v) is 3.31. The van der Waals surface area contributed by atoms with Gasteiger partial charge in [0.25, 0.3) is 0 Å². The molecule has 0 saturated heterocycles. The van der Waals surface area contributed by atoms with Crippen molar-refractivity contribution in [3.8, 4) is 0 Å². The SMILES string of the molecule is C=C(Cl)c1nccs1. The number of rotatable bonds is 1. The summed E-state index contributed by atoms with van der Waals surface area (Å²) in [7, 11) is 0. The second kappa shape index (κ2) is 2.29. The van der Waals surface area contributed by atoms with Crippen molar-refractivity contribution in [2.24, 2.45) is 0 Å². The summed E-state index contributed by atoms with van der Waals surface area (Å²) in [4.78, 5) is 3.90. The zero-order valence-electron chi connectivity index (χ0n) is 4.10. The molecule has 0 aliphatic rings. The van der Waals surface area contributed by atoms with Crippen LogP contribution in [0.15, 0.2) is 18.2 Å². The third-order valence-corrected chi connectivity index (χ3v) is 1.79. The molecule has 0 atom stereocenters. The van der Waals surface area contributed by atoms with E-state index in [4.69, 9.17) is 11.6 Å². The maximum absolute atomic E-state index is 5.50. The van der Waals surface area contributed by atoms with Crippen molar-refractivity contribution in [3.05, 3.63) is 23.2 Å². The van der Waals surface area contributed by atoms with E-state index in [9.17, 15) is 0 Å². The lowest BCUT2D eigenvalue weighted by atomic mass is 10.7. The molecule has 1 nitrogen and oxygen atoms in total. The molecule has 0 aromatic carbocycles. The Morgan fingerprint density at radius 2 is 2.62 bits per heavy atom. The zero-order valence-corrected chi connectivity index (χ0v) is 5.67. The smallest absolute Gasteiger partial charge is 0.134 e. The third-order valence-electron chi connectivity index (χ3n) is 0.664. The fourth-order valence-electron chi connectivity index (χ4n) is 0.357. The molecule has 0 spiro atoms. The average Bonchev–Trinajstić information content (AvgIpc) is 2.12. The molecule has 0 amide bonds. The van der Waals surface area contributed by atoms with Gasteiger partial charge in [-0.05, 0) is 0 Å². The third kappa shape index (κ3) is 1.08. The van der Waals surface area contributed by atoms with Gasteiger partial charge in [0.2, 0.25) is 0 Å². The Hall–Kier alpha value is -0.340. The van der Waals surface area contributed by atoms with Crippen LogP contribution in [0.5, 0.6) is 0 Å². The van der Waals surface area contributed by atoms with Crippen LogP contribution in [0.3, 0.4) is 0 Å². The van der Waals surface area contributed by atoms with E-state index >= 15 is 0 Å². The topological polar surface area (TPSA) is 12.9 Å². The summed E-state index contributed by atoms with van der Waals surface area (Å²) in [5, 5.41) is 3.18. The molecule has 0 fully saturated rings. The summed E-state index contributed by atoms with van der Waals surface area (Å²) in [6.45, 7) is 3.51. The summed E-state index contributed by atoms with van der Waals surface area (Å²) in [5.41, 5.74) is 0. The van der Waals surface area contributed by atoms with Crippen molar-refractivity contribution in [3.63, 3.8) is 0 Å². The van der Waals surface area contributed by atoms with E-state index in [0.29, 0.717) is 5.03 Å². The molecular weight excluding hydrogens is 142 g/mol. The Bertz CT molecular complexity index is 180. The predicted octanol–water partition coefficient (Wildman–Crippen LogP) is 2.35. The van der Waals surface area contributed by atoms with Crippen LogP contribution < -0.4 is 0 Å². The van der Waals surface area contributed by atoms with Gasteiger partial charge in [-0.25, -0.2) is 4.98 Å². The summed E-state index contributed by atoms with van der Waals surface area (Å²) in [6.07, 6.45) is 1.70. The first-order valence-electron chi connectivity index (χ1n) is 2.05. The van der Waals surface area contributed by atoms with Gasteiger partial charge in [-0.15, -0.1) is 11.3 Å². The Balaban J connectivity index is 2.93. The van der Waals surface area contributed by atoms with Crippen LogP contribution in [-0.4, -0.2) is 4.98 Å². The van der Waals surface area contributed by atoms with Crippen molar-refractivity contribution in [2.45, 2.75) is 0 Å². The van der Waals surface area contributed by atoms with Crippen LogP contribution in [0.25, 0.3) is 5.03 Å². The highest BCUT2D eigenvalue weighted by Gasteiger charge is 1.93. The minimum absolute atomic E-state index is 0.514. The van der Waals surface area contributed by atoms with Crippen molar-refractivity contribution in [2.75, 3.05) is 0 Å². The first-order chi connectivity index (χ1) is 3.80. The number of halogens is 1. The summed E-state index contributed by atoms with van der Waals surface area (Å²) < 4.78 is 0. The molecule has 1 aromatic heterocycles. The van der Waals surface area contributed by atoms with Crippen LogP contribution in [0.2, 0.25) is 0 Å². The molecule has 0 N–H and O–H groups in total. The van der Waals surface area contributed by atoms with Crippen LogP contribution in [0.1, 0.15) is 5.01 Å². The molecular formula is C5H4ClNS. The number of hydrogen-bond donors (Lipinski definition) is 0. The molecule has 0 aliphatic heterocycles. The van der Waals surface area contributed by atoms with Crippen LogP contribution in [-0.2, 0) is 0 Å². The number of thiazole rings is 1. The van der Waals surface area contributed by atoms with Gasteiger partial charge in [-0.2, -0.15) is 0 Å². The standard InChI is InChI=1S/C5H4ClNS/c1-4(6)5-7-2-3-8-5/h2-3H,1H2. The lowest BCUT2D eigenvalue weighted by Crippen LogP contribution is -1.66. The van der Waals surface area contributed by atoms with Gasteiger partial charge in [-0.1, -0.05) is 18.2 Å². The quantitative estimate of drug-likeness (QED) is 0.591. The molecule has 3 heteroatoms.